The van der Waals surface area contributed by atoms with Crippen LogP contribution in [0.4, 0.5) is 5.69 Å². The van der Waals surface area contributed by atoms with Crippen LogP contribution < -0.4 is 5.32 Å². The molecule has 2 N–H and O–H groups in total. The monoisotopic (exact) mass is 304 g/mol. The molecule has 0 saturated heterocycles. The van der Waals surface area contributed by atoms with Gasteiger partial charge in [0.2, 0.25) is 0 Å². The highest BCUT2D eigenvalue weighted by Gasteiger charge is 2.12. The van der Waals surface area contributed by atoms with Gasteiger partial charge in [-0.15, -0.1) is 0 Å². The van der Waals surface area contributed by atoms with Crippen LogP contribution in [0.5, 0.6) is 5.75 Å². The summed E-state index contributed by atoms with van der Waals surface area (Å²) in [6, 6.07) is 8.17. The smallest absolute Gasteiger partial charge is 0.255 e. The molecule has 1 aromatic carbocycles. The van der Waals surface area contributed by atoms with Crippen LogP contribution in [0, 0.1) is 6.92 Å². The molecule has 0 bridgehead atoms. The van der Waals surface area contributed by atoms with E-state index in [1.165, 1.54) is 6.07 Å². The minimum Gasteiger partial charge on any atom is -0.508 e. The zero-order valence-corrected chi connectivity index (χ0v) is 12.9. The third-order valence-electron chi connectivity index (χ3n) is 3.12. The molecule has 1 heterocycles. The lowest BCUT2D eigenvalue weighted by Crippen LogP contribution is -2.13. The summed E-state index contributed by atoms with van der Waals surface area (Å²) in [5.74, 6) is 0.125. The highest BCUT2D eigenvalue weighted by atomic mass is 35.5. The van der Waals surface area contributed by atoms with Gasteiger partial charge in [-0.3, -0.25) is 4.79 Å². The Morgan fingerprint density at radius 2 is 2.00 bits per heavy atom. The Bertz CT molecular complexity index is 684. The van der Waals surface area contributed by atoms with Crippen molar-refractivity contribution in [3.8, 4) is 5.75 Å². The van der Waals surface area contributed by atoms with E-state index in [2.05, 4.69) is 10.3 Å². The van der Waals surface area contributed by atoms with Crippen LogP contribution in [0.2, 0.25) is 5.15 Å². The normalized spacial score (nSPS) is 10.7. The molecule has 1 amide bonds. The molecule has 0 aliphatic carbocycles. The maximum Gasteiger partial charge on any atom is 0.255 e. The fourth-order valence-corrected chi connectivity index (χ4v) is 2.10. The number of pyridine rings is 1. The van der Waals surface area contributed by atoms with Crippen molar-refractivity contribution < 1.29 is 9.90 Å². The second-order valence-corrected chi connectivity index (χ2v) is 5.60. The highest BCUT2D eigenvalue weighted by molar-refractivity contribution is 6.29. The molecule has 0 aliphatic rings. The molecule has 5 heteroatoms. The number of anilines is 1. The Kier molecular flexibility index (Phi) is 4.48. The molecule has 4 nitrogen and oxygen atoms in total. The second kappa shape index (κ2) is 6.14. The Balaban J connectivity index is 2.25. The summed E-state index contributed by atoms with van der Waals surface area (Å²) in [5, 5.41) is 12.6. The number of amides is 1. The van der Waals surface area contributed by atoms with Crippen LogP contribution in [0.15, 0.2) is 30.3 Å². The molecule has 2 aromatic rings. The number of carbonyl (C=O) groups is 1. The number of phenols is 1. The van der Waals surface area contributed by atoms with E-state index in [0.29, 0.717) is 22.0 Å². The molecule has 21 heavy (non-hydrogen) atoms. The maximum atomic E-state index is 12.3. The van der Waals surface area contributed by atoms with Crippen molar-refractivity contribution in [2.45, 2.75) is 26.7 Å². The Hall–Kier alpha value is -2.07. The Morgan fingerprint density at radius 1 is 1.29 bits per heavy atom. The van der Waals surface area contributed by atoms with Crippen molar-refractivity contribution in [2.24, 2.45) is 0 Å². The van der Waals surface area contributed by atoms with Crippen molar-refractivity contribution in [1.29, 1.82) is 0 Å². The van der Waals surface area contributed by atoms with E-state index >= 15 is 0 Å². The molecule has 110 valence electrons. The molecular weight excluding hydrogens is 288 g/mol. The van der Waals surface area contributed by atoms with E-state index < -0.39 is 0 Å². The van der Waals surface area contributed by atoms with Gasteiger partial charge in [-0.05, 0) is 48.7 Å². The van der Waals surface area contributed by atoms with E-state index in [4.69, 9.17) is 11.6 Å². The van der Waals surface area contributed by atoms with Gasteiger partial charge in [0.15, 0.2) is 0 Å². The SMILES string of the molecule is Cc1cc(NC(=O)c2cc(Cl)nc(C(C)C)c2)ccc1O. The van der Waals surface area contributed by atoms with Crippen molar-refractivity contribution in [3.63, 3.8) is 0 Å². The van der Waals surface area contributed by atoms with Crippen LogP contribution in [0.3, 0.4) is 0 Å². The van der Waals surface area contributed by atoms with Crippen LogP contribution in [-0.2, 0) is 0 Å². The minimum atomic E-state index is -0.258. The Labute approximate surface area is 128 Å². The second-order valence-electron chi connectivity index (χ2n) is 5.21. The van der Waals surface area contributed by atoms with Crippen molar-refractivity contribution in [3.05, 3.63) is 52.3 Å². The van der Waals surface area contributed by atoms with E-state index in [-0.39, 0.29) is 17.6 Å². The van der Waals surface area contributed by atoms with Crippen molar-refractivity contribution in [2.75, 3.05) is 5.32 Å². The highest BCUT2D eigenvalue weighted by Crippen LogP contribution is 2.22. The first-order chi connectivity index (χ1) is 9.86. The molecular formula is C16H17ClN2O2. The lowest BCUT2D eigenvalue weighted by Gasteiger charge is -2.10. The van der Waals surface area contributed by atoms with Gasteiger partial charge in [0.1, 0.15) is 10.9 Å². The molecule has 0 radical (unpaired) electrons. The number of aromatic hydroxyl groups is 1. The van der Waals surface area contributed by atoms with Gasteiger partial charge in [0.05, 0.1) is 0 Å². The molecule has 2 rings (SSSR count). The first kappa shape index (κ1) is 15.3. The fraction of sp³-hybridized carbons (Fsp3) is 0.250. The standard InChI is InChI=1S/C16H17ClN2O2/c1-9(2)13-7-11(8-15(17)19-13)16(21)18-12-4-5-14(20)10(3)6-12/h4-9,20H,1-3H3,(H,18,21). The predicted octanol–water partition coefficient (Wildman–Crippen LogP) is 4.12. The number of aryl methyl sites for hydroxylation is 1. The number of carbonyl (C=O) groups excluding carboxylic acids is 1. The third kappa shape index (κ3) is 3.73. The third-order valence-corrected chi connectivity index (χ3v) is 3.32. The zero-order chi connectivity index (χ0) is 15.6. The van der Waals surface area contributed by atoms with E-state index in [9.17, 15) is 9.90 Å². The first-order valence-electron chi connectivity index (χ1n) is 6.65. The molecule has 0 atom stereocenters. The minimum absolute atomic E-state index is 0.186. The number of rotatable bonds is 3. The van der Waals surface area contributed by atoms with Gasteiger partial charge in [0.25, 0.3) is 5.91 Å². The predicted molar refractivity (Wildman–Crippen MR) is 84.1 cm³/mol. The number of nitrogens with one attached hydrogen (secondary N) is 1. The summed E-state index contributed by atoms with van der Waals surface area (Å²) in [5.41, 5.74) is 2.55. The summed E-state index contributed by atoms with van der Waals surface area (Å²) in [7, 11) is 0. The molecule has 0 spiro atoms. The first-order valence-corrected chi connectivity index (χ1v) is 7.03. The lowest BCUT2D eigenvalue weighted by molar-refractivity contribution is 0.102. The van der Waals surface area contributed by atoms with Crippen LogP contribution in [-0.4, -0.2) is 16.0 Å². The van der Waals surface area contributed by atoms with Crippen molar-refractivity contribution >= 4 is 23.2 Å². The lowest BCUT2D eigenvalue weighted by atomic mass is 10.1. The summed E-state index contributed by atoms with van der Waals surface area (Å²) >= 11 is 5.96. The van der Waals surface area contributed by atoms with Gasteiger partial charge >= 0.3 is 0 Å². The van der Waals surface area contributed by atoms with E-state index in [1.807, 2.05) is 13.8 Å². The topological polar surface area (TPSA) is 62.2 Å². The Morgan fingerprint density at radius 3 is 2.62 bits per heavy atom. The summed E-state index contributed by atoms with van der Waals surface area (Å²) < 4.78 is 0. The van der Waals surface area contributed by atoms with Crippen LogP contribution >= 0.6 is 11.6 Å². The molecule has 0 unspecified atom stereocenters. The van der Waals surface area contributed by atoms with Crippen LogP contribution in [0.25, 0.3) is 0 Å². The molecule has 0 saturated carbocycles. The number of nitrogens with zero attached hydrogens (tertiary/aromatic N) is 1. The van der Waals surface area contributed by atoms with Gasteiger partial charge in [-0.2, -0.15) is 0 Å². The van der Waals surface area contributed by atoms with Crippen molar-refractivity contribution in [1.82, 2.24) is 4.98 Å². The van der Waals surface area contributed by atoms with Gasteiger partial charge in [0, 0.05) is 16.9 Å². The quantitative estimate of drug-likeness (QED) is 0.662. The number of hydrogen-bond donors (Lipinski definition) is 2. The number of aromatic nitrogens is 1. The summed E-state index contributed by atoms with van der Waals surface area (Å²) in [4.78, 5) is 16.5. The fourth-order valence-electron chi connectivity index (χ4n) is 1.88. The summed E-state index contributed by atoms with van der Waals surface area (Å²) in [6.45, 7) is 5.75. The van der Waals surface area contributed by atoms with E-state index in [1.54, 1.807) is 31.2 Å². The van der Waals surface area contributed by atoms with E-state index in [0.717, 1.165) is 5.69 Å². The van der Waals surface area contributed by atoms with Gasteiger partial charge < -0.3 is 10.4 Å². The average molecular weight is 305 g/mol. The van der Waals surface area contributed by atoms with Crippen LogP contribution in [0.1, 0.15) is 41.4 Å². The average Bonchev–Trinajstić information content (AvgIpc) is 2.42. The number of phenolic OH excluding ortho intramolecular Hbond substituents is 1. The molecule has 1 aromatic heterocycles. The summed E-state index contributed by atoms with van der Waals surface area (Å²) in [6.07, 6.45) is 0. The van der Waals surface area contributed by atoms with Gasteiger partial charge in [-0.25, -0.2) is 4.98 Å². The largest absolute Gasteiger partial charge is 0.508 e. The zero-order valence-electron chi connectivity index (χ0n) is 12.1. The maximum absolute atomic E-state index is 12.3. The molecule has 0 aliphatic heterocycles. The number of halogens is 1. The number of benzene rings is 1. The number of hydrogen-bond acceptors (Lipinski definition) is 3. The molecule has 0 fully saturated rings. The van der Waals surface area contributed by atoms with Gasteiger partial charge in [-0.1, -0.05) is 25.4 Å².